The SMILES string of the molecule is C[C@@H](OC(=O)c1ccc(CNS(=O)(=O)c2ccc(F)c(F)c2F)cc1)C(=O)NC(C)(C)C. The largest absolute Gasteiger partial charge is 0.449 e. The Balaban J connectivity index is 2.01. The molecule has 1 amide bonds. The summed E-state index contributed by atoms with van der Waals surface area (Å²) in [5, 5.41) is 2.69. The van der Waals surface area contributed by atoms with E-state index in [2.05, 4.69) is 10.0 Å². The van der Waals surface area contributed by atoms with Gasteiger partial charge in [0.05, 0.1) is 5.56 Å². The zero-order valence-corrected chi connectivity index (χ0v) is 18.6. The van der Waals surface area contributed by atoms with Crippen molar-refractivity contribution in [3.05, 3.63) is 65.0 Å². The van der Waals surface area contributed by atoms with E-state index in [4.69, 9.17) is 4.74 Å². The van der Waals surface area contributed by atoms with Gasteiger partial charge in [0.15, 0.2) is 23.6 Å². The Morgan fingerprint density at radius 2 is 1.59 bits per heavy atom. The van der Waals surface area contributed by atoms with Crippen molar-refractivity contribution in [3.8, 4) is 0 Å². The van der Waals surface area contributed by atoms with Gasteiger partial charge in [0.2, 0.25) is 10.0 Å². The van der Waals surface area contributed by atoms with E-state index in [1.165, 1.54) is 31.2 Å². The number of sulfonamides is 1. The molecule has 0 saturated carbocycles. The molecule has 1 atom stereocenters. The van der Waals surface area contributed by atoms with Gasteiger partial charge in [0.25, 0.3) is 5.91 Å². The van der Waals surface area contributed by atoms with Gasteiger partial charge in [0.1, 0.15) is 4.90 Å². The standard InChI is InChI=1S/C21H23F3N2O5S/c1-12(19(27)26-21(2,3)4)31-20(28)14-7-5-13(6-8-14)11-25-32(29,30)16-10-9-15(22)17(23)18(16)24/h5-10,12,25H,11H2,1-4H3,(H,26,27)/t12-/m1/s1. The predicted octanol–water partition coefficient (Wildman–Crippen LogP) is 3.04. The molecule has 32 heavy (non-hydrogen) atoms. The number of amides is 1. The highest BCUT2D eigenvalue weighted by Crippen LogP contribution is 2.20. The fraction of sp³-hybridized carbons (Fsp3) is 0.333. The zero-order chi connectivity index (χ0) is 24.3. The predicted molar refractivity (Wildman–Crippen MR) is 110 cm³/mol. The lowest BCUT2D eigenvalue weighted by Crippen LogP contribution is -2.46. The van der Waals surface area contributed by atoms with E-state index < -0.39 is 55.9 Å². The molecule has 0 spiro atoms. The van der Waals surface area contributed by atoms with Crippen LogP contribution in [-0.4, -0.2) is 31.9 Å². The summed E-state index contributed by atoms with van der Waals surface area (Å²) in [6.45, 7) is 6.48. The third-order valence-electron chi connectivity index (χ3n) is 4.10. The molecule has 0 aliphatic carbocycles. The van der Waals surface area contributed by atoms with E-state index >= 15 is 0 Å². The summed E-state index contributed by atoms with van der Waals surface area (Å²) in [6.07, 6.45) is -1.03. The van der Waals surface area contributed by atoms with Gasteiger partial charge < -0.3 is 10.1 Å². The third kappa shape index (κ3) is 6.54. The molecule has 0 aliphatic rings. The maximum atomic E-state index is 13.8. The Morgan fingerprint density at radius 1 is 1.00 bits per heavy atom. The van der Waals surface area contributed by atoms with Gasteiger partial charge in [-0.25, -0.2) is 31.1 Å². The molecule has 7 nitrogen and oxygen atoms in total. The van der Waals surface area contributed by atoms with Gasteiger partial charge in [-0.05, 0) is 57.5 Å². The van der Waals surface area contributed by atoms with Gasteiger partial charge in [-0.3, -0.25) is 4.79 Å². The molecule has 0 fully saturated rings. The number of halogens is 3. The Bertz CT molecular complexity index is 1110. The van der Waals surface area contributed by atoms with E-state index in [9.17, 15) is 31.2 Å². The summed E-state index contributed by atoms with van der Waals surface area (Å²) in [5.41, 5.74) is 0.0281. The average Bonchev–Trinajstić information content (AvgIpc) is 2.69. The van der Waals surface area contributed by atoms with Crippen LogP contribution in [0.3, 0.4) is 0 Å². The number of carbonyl (C=O) groups excluding carboxylic acids is 2. The van der Waals surface area contributed by atoms with Crippen molar-refractivity contribution in [2.24, 2.45) is 0 Å². The molecule has 0 heterocycles. The van der Waals surface area contributed by atoms with Crippen molar-refractivity contribution in [1.29, 1.82) is 0 Å². The monoisotopic (exact) mass is 472 g/mol. The van der Waals surface area contributed by atoms with Crippen LogP contribution in [-0.2, 0) is 26.1 Å². The summed E-state index contributed by atoms with van der Waals surface area (Å²) in [7, 11) is -4.46. The molecule has 0 saturated heterocycles. The van der Waals surface area contributed by atoms with E-state index in [1.807, 2.05) is 0 Å². The first-order chi connectivity index (χ1) is 14.7. The van der Waals surface area contributed by atoms with Crippen LogP contribution in [0.5, 0.6) is 0 Å². The number of nitrogens with one attached hydrogen (secondary N) is 2. The lowest BCUT2D eigenvalue weighted by molar-refractivity contribution is -0.130. The molecule has 2 N–H and O–H groups in total. The van der Waals surface area contributed by atoms with Crippen molar-refractivity contribution < 1.29 is 35.9 Å². The highest BCUT2D eigenvalue weighted by Gasteiger charge is 2.25. The molecule has 0 unspecified atom stereocenters. The average molecular weight is 472 g/mol. The van der Waals surface area contributed by atoms with Crippen LogP contribution in [0.1, 0.15) is 43.6 Å². The van der Waals surface area contributed by atoms with E-state index in [1.54, 1.807) is 20.8 Å². The molecular formula is C21H23F3N2O5S. The Labute approximate surface area is 184 Å². The topological polar surface area (TPSA) is 102 Å². The number of carbonyl (C=O) groups is 2. The number of esters is 1. The second kappa shape index (κ2) is 9.70. The normalized spacial score (nSPS) is 12.8. The molecule has 0 aromatic heterocycles. The van der Waals surface area contributed by atoms with Crippen molar-refractivity contribution in [2.45, 2.75) is 50.8 Å². The minimum absolute atomic E-state index is 0.124. The molecule has 2 aromatic rings. The van der Waals surface area contributed by atoms with Crippen LogP contribution in [0.25, 0.3) is 0 Å². The molecule has 2 rings (SSSR count). The van der Waals surface area contributed by atoms with Crippen molar-refractivity contribution in [2.75, 3.05) is 0 Å². The molecule has 0 aliphatic heterocycles. The van der Waals surface area contributed by atoms with E-state index in [-0.39, 0.29) is 12.1 Å². The van der Waals surface area contributed by atoms with Gasteiger partial charge in [-0.15, -0.1) is 0 Å². The first kappa shape index (κ1) is 25.3. The maximum Gasteiger partial charge on any atom is 0.338 e. The van der Waals surface area contributed by atoms with Crippen molar-refractivity contribution in [1.82, 2.24) is 10.0 Å². The zero-order valence-electron chi connectivity index (χ0n) is 17.8. The highest BCUT2D eigenvalue weighted by molar-refractivity contribution is 7.89. The molecular weight excluding hydrogens is 449 g/mol. The van der Waals surface area contributed by atoms with Crippen LogP contribution >= 0.6 is 0 Å². The lowest BCUT2D eigenvalue weighted by atomic mass is 10.1. The van der Waals surface area contributed by atoms with Crippen LogP contribution in [0, 0.1) is 17.5 Å². The van der Waals surface area contributed by atoms with Crippen LogP contribution in [0.15, 0.2) is 41.3 Å². The highest BCUT2D eigenvalue weighted by atomic mass is 32.2. The number of hydrogen-bond acceptors (Lipinski definition) is 5. The maximum absolute atomic E-state index is 13.8. The van der Waals surface area contributed by atoms with Crippen LogP contribution in [0.2, 0.25) is 0 Å². The van der Waals surface area contributed by atoms with Crippen LogP contribution < -0.4 is 10.0 Å². The smallest absolute Gasteiger partial charge is 0.338 e. The lowest BCUT2D eigenvalue weighted by Gasteiger charge is -2.23. The first-order valence-electron chi connectivity index (χ1n) is 9.46. The summed E-state index contributed by atoms with van der Waals surface area (Å²) >= 11 is 0. The summed E-state index contributed by atoms with van der Waals surface area (Å²) in [4.78, 5) is 23.2. The third-order valence-corrected chi connectivity index (χ3v) is 5.52. The van der Waals surface area contributed by atoms with Gasteiger partial charge in [-0.1, -0.05) is 12.1 Å². The summed E-state index contributed by atoms with van der Waals surface area (Å²) < 4.78 is 71.7. The van der Waals surface area contributed by atoms with Crippen molar-refractivity contribution >= 4 is 21.9 Å². The number of ether oxygens (including phenoxy) is 1. The minimum Gasteiger partial charge on any atom is -0.449 e. The summed E-state index contributed by atoms with van der Waals surface area (Å²) in [5.74, 6) is -6.42. The quantitative estimate of drug-likeness (QED) is 0.477. The Kier molecular flexibility index (Phi) is 7.68. The fourth-order valence-electron chi connectivity index (χ4n) is 2.48. The van der Waals surface area contributed by atoms with Crippen molar-refractivity contribution in [3.63, 3.8) is 0 Å². The second-order valence-corrected chi connectivity index (χ2v) is 9.72. The van der Waals surface area contributed by atoms with Gasteiger partial charge >= 0.3 is 5.97 Å². The molecule has 174 valence electrons. The van der Waals surface area contributed by atoms with E-state index in [0.717, 1.165) is 0 Å². The Hall–Kier alpha value is -2.92. The fourth-order valence-corrected chi connectivity index (χ4v) is 3.57. The first-order valence-corrected chi connectivity index (χ1v) is 10.9. The van der Waals surface area contributed by atoms with Gasteiger partial charge in [0, 0.05) is 12.1 Å². The van der Waals surface area contributed by atoms with E-state index in [0.29, 0.717) is 17.7 Å². The molecule has 0 radical (unpaired) electrons. The number of benzene rings is 2. The molecule has 2 aromatic carbocycles. The minimum atomic E-state index is -4.46. The van der Waals surface area contributed by atoms with Crippen LogP contribution in [0.4, 0.5) is 13.2 Å². The molecule has 11 heteroatoms. The number of hydrogen-bond donors (Lipinski definition) is 2. The Morgan fingerprint density at radius 3 is 2.16 bits per heavy atom. The summed E-state index contributed by atoms with van der Waals surface area (Å²) in [6, 6.07) is 6.68. The second-order valence-electron chi connectivity index (χ2n) is 7.98. The number of rotatable bonds is 7. The molecule has 0 bridgehead atoms. The van der Waals surface area contributed by atoms with Gasteiger partial charge in [-0.2, -0.15) is 0 Å².